The summed E-state index contributed by atoms with van der Waals surface area (Å²) >= 11 is 0. The number of H-pyrrole nitrogens is 1. The third-order valence-electron chi connectivity index (χ3n) is 4.84. The molecule has 0 amide bonds. The number of nitrogens with one attached hydrogen (secondary N) is 1. The van der Waals surface area contributed by atoms with Crippen molar-refractivity contribution in [2.24, 2.45) is 5.92 Å². The highest BCUT2D eigenvalue weighted by molar-refractivity contribution is 5.22. The summed E-state index contributed by atoms with van der Waals surface area (Å²) in [6.07, 6.45) is 4.37. The van der Waals surface area contributed by atoms with Crippen LogP contribution in [0.25, 0.3) is 0 Å². The van der Waals surface area contributed by atoms with Crippen LogP contribution in [0.15, 0.2) is 22.8 Å². The summed E-state index contributed by atoms with van der Waals surface area (Å²) in [7, 11) is 2.22. The van der Waals surface area contributed by atoms with E-state index >= 15 is 0 Å². The zero-order chi connectivity index (χ0) is 16.2. The number of aromatic nitrogens is 2. The fraction of sp³-hybridized carbons (Fsp3) is 0.611. The van der Waals surface area contributed by atoms with Gasteiger partial charge in [0.25, 0.3) is 0 Å². The molecule has 23 heavy (non-hydrogen) atoms. The third kappa shape index (κ3) is 4.24. The topological polar surface area (TPSA) is 48.3 Å². The maximum Gasteiger partial charge on any atom is 0.117 e. The molecular weight excluding hydrogens is 288 g/mol. The monoisotopic (exact) mass is 316 g/mol. The molecule has 1 saturated heterocycles. The largest absolute Gasteiger partial charge is 0.468 e. The lowest BCUT2D eigenvalue weighted by atomic mass is 9.97. The lowest BCUT2D eigenvalue weighted by Crippen LogP contribution is -2.39. The Labute approximate surface area is 138 Å². The molecule has 1 fully saturated rings. The SMILES string of the molecule is Cc1n[nH]c(C)c1CN(C)C[C@@H]1CCCN(Cc2ccco2)C1. The molecule has 0 radical (unpaired) electrons. The summed E-state index contributed by atoms with van der Waals surface area (Å²) in [4.78, 5) is 4.96. The molecule has 3 heterocycles. The first-order valence-corrected chi connectivity index (χ1v) is 8.55. The molecule has 1 atom stereocenters. The molecule has 1 aliphatic rings. The van der Waals surface area contributed by atoms with Crippen molar-refractivity contribution in [3.8, 4) is 0 Å². The van der Waals surface area contributed by atoms with Crippen molar-refractivity contribution in [3.63, 3.8) is 0 Å². The van der Waals surface area contributed by atoms with Gasteiger partial charge in [-0.15, -0.1) is 0 Å². The average molecular weight is 316 g/mol. The van der Waals surface area contributed by atoms with E-state index in [9.17, 15) is 0 Å². The van der Waals surface area contributed by atoms with Crippen molar-refractivity contribution in [3.05, 3.63) is 41.1 Å². The molecule has 5 heteroatoms. The quantitative estimate of drug-likeness (QED) is 0.890. The molecule has 0 aliphatic carbocycles. The van der Waals surface area contributed by atoms with E-state index in [1.54, 1.807) is 6.26 Å². The first kappa shape index (κ1) is 16.3. The van der Waals surface area contributed by atoms with Gasteiger partial charge in [-0.3, -0.25) is 10.00 Å². The Morgan fingerprint density at radius 3 is 3.00 bits per heavy atom. The van der Waals surface area contributed by atoms with E-state index in [1.165, 1.54) is 30.6 Å². The standard InChI is InChI=1S/C18H28N4O/c1-14-18(15(2)20-19-14)13-21(3)10-16-6-4-8-22(11-16)12-17-7-5-9-23-17/h5,7,9,16H,4,6,8,10-13H2,1-3H3,(H,19,20)/t16-/m0/s1. The molecule has 0 spiro atoms. The van der Waals surface area contributed by atoms with Crippen molar-refractivity contribution >= 4 is 0 Å². The molecule has 1 aliphatic heterocycles. The number of nitrogens with zero attached hydrogens (tertiary/aromatic N) is 3. The number of piperidine rings is 1. The highest BCUT2D eigenvalue weighted by Crippen LogP contribution is 2.21. The Hall–Kier alpha value is -1.59. The predicted octanol–water partition coefficient (Wildman–Crippen LogP) is 2.96. The molecule has 1 N–H and O–H groups in total. The van der Waals surface area contributed by atoms with Crippen LogP contribution in [-0.4, -0.2) is 46.7 Å². The lowest BCUT2D eigenvalue weighted by Gasteiger charge is -2.34. The fourth-order valence-electron chi connectivity index (χ4n) is 3.65. The number of furan rings is 1. The fourth-order valence-corrected chi connectivity index (χ4v) is 3.65. The van der Waals surface area contributed by atoms with Crippen LogP contribution in [0.5, 0.6) is 0 Å². The van der Waals surface area contributed by atoms with Crippen LogP contribution in [0, 0.1) is 19.8 Å². The zero-order valence-electron chi connectivity index (χ0n) is 14.5. The van der Waals surface area contributed by atoms with Gasteiger partial charge < -0.3 is 9.32 Å². The Balaban J connectivity index is 1.51. The van der Waals surface area contributed by atoms with Crippen molar-refractivity contribution in [2.45, 2.75) is 39.8 Å². The second-order valence-electron chi connectivity index (χ2n) is 6.93. The Kier molecular flexibility index (Phi) is 5.18. The van der Waals surface area contributed by atoms with Gasteiger partial charge in [0.2, 0.25) is 0 Å². The second-order valence-corrected chi connectivity index (χ2v) is 6.93. The Bertz CT molecular complexity index is 585. The van der Waals surface area contributed by atoms with Gasteiger partial charge in [0, 0.05) is 30.9 Å². The van der Waals surface area contributed by atoms with Crippen molar-refractivity contribution < 1.29 is 4.42 Å². The van der Waals surface area contributed by atoms with Gasteiger partial charge in [-0.2, -0.15) is 5.10 Å². The van der Waals surface area contributed by atoms with E-state index in [1.807, 2.05) is 6.07 Å². The number of rotatable bonds is 6. The normalized spacial score (nSPS) is 19.6. The summed E-state index contributed by atoms with van der Waals surface area (Å²) in [6.45, 7) is 9.58. The minimum Gasteiger partial charge on any atom is -0.468 e. The molecule has 2 aromatic rings. The van der Waals surface area contributed by atoms with Crippen molar-refractivity contribution in [1.82, 2.24) is 20.0 Å². The zero-order valence-corrected chi connectivity index (χ0v) is 14.5. The van der Waals surface area contributed by atoms with Crippen LogP contribution in [0.4, 0.5) is 0 Å². The molecule has 3 rings (SSSR count). The van der Waals surface area contributed by atoms with Gasteiger partial charge in [0.05, 0.1) is 18.5 Å². The molecule has 126 valence electrons. The van der Waals surface area contributed by atoms with E-state index in [2.05, 4.69) is 47.0 Å². The smallest absolute Gasteiger partial charge is 0.117 e. The summed E-state index contributed by atoms with van der Waals surface area (Å²) in [6, 6.07) is 4.04. The van der Waals surface area contributed by atoms with Gasteiger partial charge in [0.15, 0.2) is 0 Å². The maximum atomic E-state index is 5.49. The summed E-state index contributed by atoms with van der Waals surface area (Å²) < 4.78 is 5.49. The van der Waals surface area contributed by atoms with Gasteiger partial charge in [-0.25, -0.2) is 0 Å². The molecule has 0 unspecified atom stereocenters. The first-order chi connectivity index (χ1) is 11.1. The van der Waals surface area contributed by atoms with Crippen LogP contribution < -0.4 is 0 Å². The summed E-state index contributed by atoms with van der Waals surface area (Å²) in [5, 5.41) is 7.38. The van der Waals surface area contributed by atoms with E-state index < -0.39 is 0 Å². The molecular formula is C18H28N4O. The molecule has 2 aromatic heterocycles. The van der Waals surface area contributed by atoms with Gasteiger partial charge in [0.1, 0.15) is 5.76 Å². The van der Waals surface area contributed by atoms with Gasteiger partial charge in [-0.1, -0.05) is 0 Å². The number of aromatic amines is 1. The van der Waals surface area contributed by atoms with Crippen LogP contribution in [0.3, 0.4) is 0 Å². The predicted molar refractivity (Wildman–Crippen MR) is 91.1 cm³/mol. The van der Waals surface area contributed by atoms with E-state index in [0.717, 1.165) is 43.6 Å². The van der Waals surface area contributed by atoms with Gasteiger partial charge >= 0.3 is 0 Å². The highest BCUT2D eigenvalue weighted by atomic mass is 16.3. The number of likely N-dealkylation sites (tertiary alicyclic amines) is 1. The van der Waals surface area contributed by atoms with Crippen LogP contribution in [0.1, 0.15) is 35.6 Å². The first-order valence-electron chi connectivity index (χ1n) is 8.55. The molecule has 0 saturated carbocycles. The van der Waals surface area contributed by atoms with E-state index in [0.29, 0.717) is 0 Å². The van der Waals surface area contributed by atoms with Crippen molar-refractivity contribution in [1.29, 1.82) is 0 Å². The van der Waals surface area contributed by atoms with Crippen LogP contribution in [-0.2, 0) is 13.1 Å². The Morgan fingerprint density at radius 1 is 1.43 bits per heavy atom. The number of hydrogen-bond donors (Lipinski definition) is 1. The lowest BCUT2D eigenvalue weighted by molar-refractivity contribution is 0.129. The highest BCUT2D eigenvalue weighted by Gasteiger charge is 2.22. The minimum absolute atomic E-state index is 0.733. The number of aryl methyl sites for hydroxylation is 2. The van der Waals surface area contributed by atoms with Crippen molar-refractivity contribution in [2.75, 3.05) is 26.7 Å². The molecule has 0 bridgehead atoms. The molecule has 5 nitrogen and oxygen atoms in total. The van der Waals surface area contributed by atoms with Crippen LogP contribution in [0.2, 0.25) is 0 Å². The van der Waals surface area contributed by atoms with Crippen LogP contribution >= 0.6 is 0 Å². The third-order valence-corrected chi connectivity index (χ3v) is 4.84. The Morgan fingerprint density at radius 2 is 2.30 bits per heavy atom. The van der Waals surface area contributed by atoms with E-state index in [-0.39, 0.29) is 0 Å². The second kappa shape index (κ2) is 7.32. The molecule has 0 aromatic carbocycles. The number of hydrogen-bond acceptors (Lipinski definition) is 4. The van der Waals surface area contributed by atoms with Gasteiger partial charge in [-0.05, 0) is 58.3 Å². The summed E-state index contributed by atoms with van der Waals surface area (Å²) in [5.74, 6) is 1.81. The summed E-state index contributed by atoms with van der Waals surface area (Å²) in [5.41, 5.74) is 3.66. The maximum absolute atomic E-state index is 5.49. The average Bonchev–Trinajstić information content (AvgIpc) is 3.13. The minimum atomic E-state index is 0.733. The van der Waals surface area contributed by atoms with E-state index in [4.69, 9.17) is 4.42 Å².